The summed E-state index contributed by atoms with van der Waals surface area (Å²) < 4.78 is 9.82. The summed E-state index contributed by atoms with van der Waals surface area (Å²) in [6.07, 6.45) is -0.446. The molecule has 1 unspecified atom stereocenters. The number of carbonyl (C=O) groups excluding carboxylic acids is 1. The van der Waals surface area contributed by atoms with Crippen molar-refractivity contribution in [2.75, 3.05) is 14.2 Å². The Bertz CT molecular complexity index is 343. The van der Waals surface area contributed by atoms with E-state index in [9.17, 15) is 4.79 Å². The third-order valence-electron chi connectivity index (χ3n) is 2.10. The Morgan fingerprint density at radius 2 is 1.87 bits per heavy atom. The average Bonchev–Trinajstić information content (AvgIpc) is 2.30. The van der Waals surface area contributed by atoms with Crippen LogP contribution in [-0.2, 0) is 14.3 Å². The Kier molecular flexibility index (Phi) is 4.06. The first-order valence-electron chi connectivity index (χ1n) is 4.55. The van der Waals surface area contributed by atoms with Crippen LogP contribution in [-0.4, -0.2) is 20.2 Å². The van der Waals surface area contributed by atoms with Crippen LogP contribution >= 0.6 is 0 Å². The van der Waals surface area contributed by atoms with Gasteiger partial charge in [0.15, 0.2) is 0 Å². The van der Waals surface area contributed by atoms with Gasteiger partial charge in [0.05, 0.1) is 12.7 Å². The molecule has 0 bridgehead atoms. The molecule has 0 aliphatic carbocycles. The first-order chi connectivity index (χ1) is 7.20. The van der Waals surface area contributed by atoms with Crippen LogP contribution in [0.25, 0.3) is 0 Å². The lowest BCUT2D eigenvalue weighted by Crippen LogP contribution is -2.13. The number of hydrogen-bond donors (Lipinski definition) is 0. The second kappa shape index (κ2) is 5.32. The molecular formula is C12H14O3. The van der Waals surface area contributed by atoms with E-state index in [1.807, 2.05) is 30.3 Å². The monoisotopic (exact) mass is 206 g/mol. The Morgan fingerprint density at radius 1 is 1.27 bits per heavy atom. The average molecular weight is 206 g/mol. The largest absolute Gasteiger partial charge is 0.466 e. The first-order valence-corrected chi connectivity index (χ1v) is 4.55. The van der Waals surface area contributed by atoms with E-state index in [0.717, 1.165) is 5.56 Å². The minimum atomic E-state index is -0.453. The standard InChI is InChI=1S/C12H14O3/c1-9(12(13)15-3)11(14-2)10-7-5-4-6-8-10/h4-8,11H,1H2,2-3H3. The van der Waals surface area contributed by atoms with E-state index >= 15 is 0 Å². The molecule has 0 spiro atoms. The third-order valence-corrected chi connectivity index (χ3v) is 2.10. The SMILES string of the molecule is C=C(C(=O)OC)C(OC)c1ccccc1. The second-order valence-corrected chi connectivity index (χ2v) is 3.04. The number of rotatable bonds is 4. The fraction of sp³-hybridized carbons (Fsp3) is 0.250. The van der Waals surface area contributed by atoms with Crippen LogP contribution in [0.2, 0.25) is 0 Å². The van der Waals surface area contributed by atoms with E-state index < -0.39 is 12.1 Å². The molecule has 0 aliphatic heterocycles. The molecular weight excluding hydrogens is 192 g/mol. The van der Waals surface area contributed by atoms with Gasteiger partial charge in [0.25, 0.3) is 0 Å². The van der Waals surface area contributed by atoms with Crippen molar-refractivity contribution in [3.05, 3.63) is 48.0 Å². The van der Waals surface area contributed by atoms with Crippen molar-refractivity contribution in [1.29, 1.82) is 0 Å². The Labute approximate surface area is 89.3 Å². The van der Waals surface area contributed by atoms with E-state index in [1.165, 1.54) is 14.2 Å². The molecule has 1 aromatic rings. The van der Waals surface area contributed by atoms with Crippen molar-refractivity contribution in [3.63, 3.8) is 0 Å². The zero-order chi connectivity index (χ0) is 11.3. The van der Waals surface area contributed by atoms with Gasteiger partial charge in [-0.3, -0.25) is 0 Å². The van der Waals surface area contributed by atoms with Gasteiger partial charge in [-0.2, -0.15) is 0 Å². The van der Waals surface area contributed by atoms with Gasteiger partial charge in [-0.1, -0.05) is 36.9 Å². The maximum Gasteiger partial charge on any atom is 0.336 e. The summed E-state index contributed by atoms with van der Waals surface area (Å²) in [7, 11) is 2.86. The minimum absolute atomic E-state index is 0.297. The molecule has 80 valence electrons. The van der Waals surface area contributed by atoms with Crippen molar-refractivity contribution in [2.24, 2.45) is 0 Å². The first kappa shape index (κ1) is 11.5. The summed E-state index contributed by atoms with van der Waals surface area (Å²) in [6, 6.07) is 9.42. The van der Waals surface area contributed by atoms with Gasteiger partial charge in [-0.15, -0.1) is 0 Å². The van der Waals surface area contributed by atoms with Gasteiger partial charge in [0, 0.05) is 7.11 Å². The van der Waals surface area contributed by atoms with Crippen LogP contribution in [0.15, 0.2) is 42.5 Å². The lowest BCUT2D eigenvalue weighted by molar-refractivity contribution is -0.137. The van der Waals surface area contributed by atoms with E-state index in [-0.39, 0.29) is 0 Å². The number of methoxy groups -OCH3 is 2. The lowest BCUT2D eigenvalue weighted by Gasteiger charge is -2.16. The quantitative estimate of drug-likeness (QED) is 0.559. The normalized spacial score (nSPS) is 11.9. The number of ether oxygens (including phenoxy) is 2. The summed E-state index contributed by atoms with van der Waals surface area (Å²) >= 11 is 0. The molecule has 1 aromatic carbocycles. The molecule has 0 saturated heterocycles. The van der Waals surface area contributed by atoms with Crippen LogP contribution in [0.4, 0.5) is 0 Å². The molecule has 0 aliphatic rings. The predicted molar refractivity (Wildman–Crippen MR) is 57.3 cm³/mol. The van der Waals surface area contributed by atoms with Gasteiger partial charge < -0.3 is 9.47 Å². The second-order valence-electron chi connectivity index (χ2n) is 3.04. The highest BCUT2D eigenvalue weighted by molar-refractivity contribution is 5.89. The molecule has 0 saturated carbocycles. The zero-order valence-corrected chi connectivity index (χ0v) is 8.90. The molecule has 0 amide bonds. The fourth-order valence-corrected chi connectivity index (χ4v) is 1.35. The number of esters is 1. The molecule has 0 N–H and O–H groups in total. The van der Waals surface area contributed by atoms with Gasteiger partial charge in [0.1, 0.15) is 6.10 Å². The molecule has 1 rings (SSSR count). The van der Waals surface area contributed by atoms with Crippen molar-refractivity contribution >= 4 is 5.97 Å². The van der Waals surface area contributed by atoms with E-state index in [1.54, 1.807) is 0 Å². The number of carbonyl (C=O) groups is 1. The topological polar surface area (TPSA) is 35.5 Å². The Morgan fingerprint density at radius 3 is 2.33 bits per heavy atom. The van der Waals surface area contributed by atoms with E-state index in [4.69, 9.17) is 4.74 Å². The molecule has 0 fully saturated rings. The number of benzene rings is 1. The lowest BCUT2D eigenvalue weighted by atomic mass is 10.0. The van der Waals surface area contributed by atoms with E-state index in [2.05, 4.69) is 11.3 Å². The maximum atomic E-state index is 11.3. The summed E-state index contributed by atoms with van der Waals surface area (Å²) in [4.78, 5) is 11.3. The van der Waals surface area contributed by atoms with Crippen molar-refractivity contribution in [1.82, 2.24) is 0 Å². The van der Waals surface area contributed by atoms with Gasteiger partial charge >= 0.3 is 5.97 Å². The zero-order valence-electron chi connectivity index (χ0n) is 8.90. The van der Waals surface area contributed by atoms with Crippen molar-refractivity contribution < 1.29 is 14.3 Å². The minimum Gasteiger partial charge on any atom is -0.466 e. The van der Waals surface area contributed by atoms with Crippen LogP contribution in [0, 0.1) is 0 Å². The van der Waals surface area contributed by atoms with Crippen LogP contribution < -0.4 is 0 Å². The smallest absolute Gasteiger partial charge is 0.336 e. The molecule has 15 heavy (non-hydrogen) atoms. The van der Waals surface area contributed by atoms with Crippen LogP contribution in [0.5, 0.6) is 0 Å². The van der Waals surface area contributed by atoms with Crippen LogP contribution in [0.1, 0.15) is 11.7 Å². The summed E-state index contributed by atoms with van der Waals surface area (Å²) in [5.74, 6) is -0.453. The molecule has 0 aromatic heterocycles. The molecule has 0 radical (unpaired) electrons. The third kappa shape index (κ3) is 2.67. The van der Waals surface area contributed by atoms with Gasteiger partial charge in [-0.25, -0.2) is 4.79 Å². The highest BCUT2D eigenvalue weighted by atomic mass is 16.5. The van der Waals surface area contributed by atoms with Crippen molar-refractivity contribution in [3.8, 4) is 0 Å². The Balaban J connectivity index is 2.90. The molecule has 1 atom stereocenters. The van der Waals surface area contributed by atoms with Crippen molar-refractivity contribution in [2.45, 2.75) is 6.10 Å². The predicted octanol–water partition coefficient (Wildman–Crippen LogP) is 2.10. The van der Waals surface area contributed by atoms with Crippen LogP contribution in [0.3, 0.4) is 0 Å². The Hall–Kier alpha value is -1.61. The summed E-state index contributed by atoms with van der Waals surface area (Å²) in [5, 5.41) is 0. The number of hydrogen-bond acceptors (Lipinski definition) is 3. The fourth-order valence-electron chi connectivity index (χ4n) is 1.35. The summed E-state index contributed by atoms with van der Waals surface area (Å²) in [6.45, 7) is 3.67. The highest BCUT2D eigenvalue weighted by Gasteiger charge is 2.20. The molecule has 3 heteroatoms. The van der Waals surface area contributed by atoms with Gasteiger partial charge in [0.2, 0.25) is 0 Å². The molecule has 3 nitrogen and oxygen atoms in total. The maximum absolute atomic E-state index is 11.3. The summed E-state index contributed by atoms with van der Waals surface area (Å²) in [5.41, 5.74) is 1.18. The molecule has 0 heterocycles. The van der Waals surface area contributed by atoms with E-state index in [0.29, 0.717) is 5.57 Å². The van der Waals surface area contributed by atoms with Gasteiger partial charge in [-0.05, 0) is 5.56 Å². The highest BCUT2D eigenvalue weighted by Crippen LogP contribution is 2.24.